The maximum Gasteiger partial charge on any atom is 0.119 e. The minimum Gasteiger partial charge on any atom is -0.497 e. The van der Waals surface area contributed by atoms with E-state index in [4.69, 9.17) is 10.5 Å². The lowest BCUT2D eigenvalue weighted by atomic mass is 10.1. The van der Waals surface area contributed by atoms with Crippen molar-refractivity contribution < 1.29 is 4.74 Å². The van der Waals surface area contributed by atoms with Crippen molar-refractivity contribution in [2.45, 2.75) is 6.92 Å². The third kappa shape index (κ3) is 2.60. The summed E-state index contributed by atoms with van der Waals surface area (Å²) in [7, 11) is 1.66. The molecule has 0 aliphatic carbocycles. The number of nitrogens with two attached hydrogens (primary N) is 1. The van der Waals surface area contributed by atoms with E-state index < -0.39 is 0 Å². The van der Waals surface area contributed by atoms with E-state index in [1.54, 1.807) is 7.11 Å². The molecule has 21 heavy (non-hydrogen) atoms. The normalized spacial score (nSPS) is 10.6. The van der Waals surface area contributed by atoms with Crippen LogP contribution in [0.3, 0.4) is 0 Å². The number of anilines is 3. The van der Waals surface area contributed by atoms with Crippen molar-refractivity contribution in [1.82, 2.24) is 4.98 Å². The number of nitrogens with one attached hydrogen (secondary N) is 1. The molecule has 4 heteroatoms. The molecule has 3 aromatic rings. The van der Waals surface area contributed by atoms with E-state index in [2.05, 4.69) is 10.3 Å². The summed E-state index contributed by atoms with van der Waals surface area (Å²) in [6.07, 6.45) is 0. The van der Waals surface area contributed by atoms with Gasteiger partial charge >= 0.3 is 0 Å². The summed E-state index contributed by atoms with van der Waals surface area (Å²) < 4.78 is 5.30. The minimum atomic E-state index is 0.711. The molecule has 1 heterocycles. The largest absolute Gasteiger partial charge is 0.497 e. The average molecular weight is 279 g/mol. The van der Waals surface area contributed by atoms with Crippen molar-refractivity contribution in [3.05, 3.63) is 54.2 Å². The van der Waals surface area contributed by atoms with Crippen LogP contribution in [-0.4, -0.2) is 12.1 Å². The molecule has 0 spiro atoms. The first-order chi connectivity index (χ1) is 10.2. The molecular formula is C17H17N3O. The number of ether oxygens (including phenoxy) is 1. The Labute approximate surface area is 123 Å². The molecule has 2 aromatic carbocycles. The first-order valence-electron chi connectivity index (χ1n) is 6.74. The number of para-hydroxylation sites is 2. The molecule has 3 rings (SSSR count). The fraction of sp³-hybridized carbons (Fsp3) is 0.118. The van der Waals surface area contributed by atoms with Gasteiger partial charge in [0.2, 0.25) is 0 Å². The highest BCUT2D eigenvalue weighted by atomic mass is 16.5. The number of hydrogen-bond donors (Lipinski definition) is 2. The molecule has 0 bridgehead atoms. The van der Waals surface area contributed by atoms with Crippen molar-refractivity contribution in [2.75, 3.05) is 18.2 Å². The van der Waals surface area contributed by atoms with Crippen LogP contribution in [0.25, 0.3) is 10.9 Å². The fourth-order valence-corrected chi connectivity index (χ4v) is 2.32. The third-order valence-corrected chi connectivity index (χ3v) is 3.37. The van der Waals surface area contributed by atoms with Gasteiger partial charge in [-0.05, 0) is 43.3 Å². The Bertz CT molecular complexity index is 799. The molecule has 1 aromatic heterocycles. The number of methoxy groups -OCH3 is 1. The summed E-state index contributed by atoms with van der Waals surface area (Å²) in [5, 5.41) is 4.39. The molecule has 0 atom stereocenters. The van der Waals surface area contributed by atoms with Crippen molar-refractivity contribution in [2.24, 2.45) is 0 Å². The summed E-state index contributed by atoms with van der Waals surface area (Å²) in [4.78, 5) is 4.55. The molecule has 0 saturated heterocycles. The van der Waals surface area contributed by atoms with Crippen molar-refractivity contribution in [3.8, 4) is 5.75 Å². The molecule has 0 aliphatic heterocycles. The van der Waals surface area contributed by atoms with E-state index in [9.17, 15) is 0 Å². The predicted octanol–water partition coefficient (Wildman–Crippen LogP) is 3.88. The third-order valence-electron chi connectivity index (χ3n) is 3.37. The van der Waals surface area contributed by atoms with E-state index >= 15 is 0 Å². The topological polar surface area (TPSA) is 60.2 Å². The molecule has 0 aliphatic rings. The summed E-state index contributed by atoms with van der Waals surface area (Å²) in [5.74, 6) is 0.803. The van der Waals surface area contributed by atoms with Crippen LogP contribution in [0.2, 0.25) is 0 Å². The smallest absolute Gasteiger partial charge is 0.119 e. The first kappa shape index (κ1) is 13.2. The van der Waals surface area contributed by atoms with E-state index in [-0.39, 0.29) is 0 Å². The highest BCUT2D eigenvalue weighted by molar-refractivity contribution is 5.95. The zero-order valence-electron chi connectivity index (χ0n) is 12.1. The number of nitrogens with zero attached hydrogens (tertiary/aromatic N) is 1. The maximum atomic E-state index is 6.00. The molecule has 0 saturated carbocycles. The maximum absolute atomic E-state index is 6.00. The van der Waals surface area contributed by atoms with E-state index in [1.807, 2.05) is 55.5 Å². The van der Waals surface area contributed by atoms with Crippen LogP contribution < -0.4 is 15.8 Å². The van der Waals surface area contributed by atoms with Crippen molar-refractivity contribution in [3.63, 3.8) is 0 Å². The van der Waals surface area contributed by atoms with Crippen LogP contribution in [0.5, 0.6) is 5.75 Å². The second-order valence-corrected chi connectivity index (χ2v) is 4.91. The lowest BCUT2D eigenvalue weighted by molar-refractivity contribution is 0.415. The number of hydrogen-bond acceptors (Lipinski definition) is 4. The number of aryl methyl sites for hydroxylation is 1. The van der Waals surface area contributed by atoms with Crippen LogP contribution in [0.4, 0.5) is 17.1 Å². The van der Waals surface area contributed by atoms with Crippen LogP contribution in [-0.2, 0) is 0 Å². The lowest BCUT2D eigenvalue weighted by Gasteiger charge is -2.13. The van der Waals surface area contributed by atoms with Gasteiger partial charge in [0.05, 0.1) is 24.0 Å². The molecule has 0 radical (unpaired) electrons. The number of pyridine rings is 1. The second-order valence-electron chi connectivity index (χ2n) is 4.91. The molecule has 3 N–H and O–H groups in total. The Hall–Kier alpha value is -2.75. The highest BCUT2D eigenvalue weighted by Gasteiger charge is 2.07. The Morgan fingerprint density at radius 2 is 1.86 bits per heavy atom. The van der Waals surface area contributed by atoms with E-state index in [1.165, 1.54) is 0 Å². The van der Waals surface area contributed by atoms with Gasteiger partial charge in [0.15, 0.2) is 0 Å². The summed E-state index contributed by atoms with van der Waals surface area (Å²) in [6, 6.07) is 15.6. The monoisotopic (exact) mass is 279 g/mol. The number of fused-ring (bicyclic) bond motifs is 1. The Morgan fingerprint density at radius 3 is 2.62 bits per heavy atom. The lowest BCUT2D eigenvalue weighted by Crippen LogP contribution is -1.98. The molecule has 0 amide bonds. The number of nitrogen functional groups attached to an aromatic ring is 1. The van der Waals surface area contributed by atoms with Gasteiger partial charge in [-0.3, -0.25) is 4.98 Å². The zero-order valence-corrected chi connectivity index (χ0v) is 12.1. The van der Waals surface area contributed by atoms with Crippen LogP contribution in [0.1, 0.15) is 5.69 Å². The summed E-state index contributed by atoms with van der Waals surface area (Å²) in [6.45, 7) is 1.98. The minimum absolute atomic E-state index is 0.711. The number of benzene rings is 2. The quantitative estimate of drug-likeness (QED) is 0.714. The van der Waals surface area contributed by atoms with Crippen molar-refractivity contribution >= 4 is 28.0 Å². The summed E-state index contributed by atoms with van der Waals surface area (Å²) in [5.41, 5.74) is 10.4. The standard InChI is InChI=1S/C17H17N3O/c1-11-9-17(20-16-6-4-3-5-14(16)18)13-10-12(21-2)7-8-15(13)19-11/h3-10H,18H2,1-2H3,(H,19,20). The van der Waals surface area contributed by atoms with Gasteiger partial charge in [0.1, 0.15) is 5.75 Å². The molecule has 0 fully saturated rings. The molecular weight excluding hydrogens is 262 g/mol. The van der Waals surface area contributed by atoms with Gasteiger partial charge in [0.25, 0.3) is 0 Å². The van der Waals surface area contributed by atoms with Gasteiger partial charge < -0.3 is 15.8 Å². The molecule has 4 nitrogen and oxygen atoms in total. The van der Waals surface area contributed by atoms with Crippen LogP contribution >= 0.6 is 0 Å². The molecule has 0 unspecified atom stereocenters. The predicted molar refractivity (Wildman–Crippen MR) is 87.2 cm³/mol. The fourth-order valence-electron chi connectivity index (χ4n) is 2.32. The zero-order chi connectivity index (χ0) is 14.8. The van der Waals surface area contributed by atoms with E-state index in [0.717, 1.165) is 33.7 Å². The highest BCUT2D eigenvalue weighted by Crippen LogP contribution is 2.31. The Balaban J connectivity index is 2.14. The summed E-state index contributed by atoms with van der Waals surface area (Å²) >= 11 is 0. The first-order valence-corrected chi connectivity index (χ1v) is 6.74. The average Bonchev–Trinajstić information content (AvgIpc) is 2.49. The van der Waals surface area contributed by atoms with Gasteiger partial charge in [0, 0.05) is 16.8 Å². The number of rotatable bonds is 3. The van der Waals surface area contributed by atoms with Crippen molar-refractivity contribution in [1.29, 1.82) is 0 Å². The Morgan fingerprint density at radius 1 is 1.05 bits per heavy atom. The van der Waals surface area contributed by atoms with Gasteiger partial charge in [-0.2, -0.15) is 0 Å². The Kier molecular flexibility index (Phi) is 3.36. The van der Waals surface area contributed by atoms with Crippen LogP contribution in [0.15, 0.2) is 48.5 Å². The van der Waals surface area contributed by atoms with Gasteiger partial charge in [-0.25, -0.2) is 0 Å². The van der Waals surface area contributed by atoms with Gasteiger partial charge in [-0.15, -0.1) is 0 Å². The molecule has 106 valence electrons. The van der Waals surface area contributed by atoms with Gasteiger partial charge in [-0.1, -0.05) is 12.1 Å². The van der Waals surface area contributed by atoms with E-state index in [0.29, 0.717) is 5.69 Å². The number of aromatic nitrogens is 1. The SMILES string of the molecule is COc1ccc2nc(C)cc(Nc3ccccc3N)c2c1. The second kappa shape index (κ2) is 5.32. The van der Waals surface area contributed by atoms with Crippen LogP contribution in [0, 0.1) is 6.92 Å².